The van der Waals surface area contributed by atoms with Gasteiger partial charge in [0, 0.05) is 12.8 Å². The molecule has 0 rings (SSSR count). The number of aliphatic hydroxyl groups excluding tert-OH is 2. The van der Waals surface area contributed by atoms with Gasteiger partial charge in [-0.2, -0.15) is 0 Å². The Morgan fingerprint density at radius 3 is 0.927 bits per heavy atom. The molecule has 0 bridgehead atoms. The third-order valence-corrected chi connectivity index (χ3v) is 17.8. The first-order valence-electron chi connectivity index (χ1n) is 37.6. The van der Waals surface area contributed by atoms with Crippen molar-refractivity contribution in [2.75, 3.05) is 13.2 Å². The minimum atomic E-state index is -0.664. The molecule has 0 aliphatic heterocycles. The molecular weight excluding hydrogens is 1010 g/mol. The highest BCUT2D eigenvalue weighted by Crippen LogP contribution is 2.19. The number of carbonyl (C=O) groups excluding carboxylic acids is 2. The molecule has 0 spiro atoms. The van der Waals surface area contributed by atoms with Gasteiger partial charge in [-0.3, -0.25) is 9.59 Å². The van der Waals surface area contributed by atoms with E-state index in [9.17, 15) is 19.8 Å². The molecule has 0 radical (unpaired) electrons. The van der Waals surface area contributed by atoms with Crippen molar-refractivity contribution in [1.82, 2.24) is 5.32 Å². The van der Waals surface area contributed by atoms with Crippen molar-refractivity contribution in [2.45, 2.75) is 437 Å². The number of rotatable bonds is 71. The molecule has 0 aromatic heterocycles. The highest BCUT2D eigenvalue weighted by molar-refractivity contribution is 5.76. The lowest BCUT2D eigenvalue weighted by Gasteiger charge is -2.22. The third kappa shape index (κ3) is 67.5. The van der Waals surface area contributed by atoms with Gasteiger partial charge in [-0.1, -0.05) is 378 Å². The van der Waals surface area contributed by atoms with Crippen LogP contribution in [0.5, 0.6) is 0 Å². The molecule has 0 fully saturated rings. The van der Waals surface area contributed by atoms with Crippen molar-refractivity contribution in [3.8, 4) is 0 Å². The standard InChI is InChI=1S/C76H147NO5/c1-3-5-7-9-11-13-15-17-19-36-40-44-48-52-56-60-64-68-74(79)73(72-78)77-75(80)69-65-61-57-53-49-45-41-38-34-32-30-28-26-24-22-21-23-25-27-29-31-33-35-39-43-47-51-55-59-63-67-71-82-76(81)70-66-62-58-54-50-46-42-37-20-18-16-14-12-10-8-6-4-2/h23,25,29,31,73-74,78-79H,3-22,24,26-28,30,32-72H2,1-2H3,(H,77,80)/b25-23-,31-29-. The summed E-state index contributed by atoms with van der Waals surface area (Å²) in [6.45, 7) is 5.00. The minimum Gasteiger partial charge on any atom is -0.466 e. The smallest absolute Gasteiger partial charge is 0.305 e. The maximum Gasteiger partial charge on any atom is 0.305 e. The predicted octanol–water partition coefficient (Wildman–Crippen LogP) is 24.5. The van der Waals surface area contributed by atoms with Crippen LogP contribution in [0.4, 0.5) is 0 Å². The second-order valence-electron chi connectivity index (χ2n) is 26.0. The molecule has 0 aromatic rings. The van der Waals surface area contributed by atoms with Crippen LogP contribution < -0.4 is 5.32 Å². The molecule has 82 heavy (non-hydrogen) atoms. The van der Waals surface area contributed by atoms with E-state index in [-0.39, 0.29) is 18.5 Å². The lowest BCUT2D eigenvalue weighted by Crippen LogP contribution is -2.45. The van der Waals surface area contributed by atoms with Gasteiger partial charge >= 0.3 is 5.97 Å². The van der Waals surface area contributed by atoms with E-state index in [0.717, 1.165) is 44.9 Å². The van der Waals surface area contributed by atoms with E-state index in [1.165, 1.54) is 347 Å². The molecule has 2 atom stereocenters. The number of allylic oxidation sites excluding steroid dienone is 4. The molecule has 2 unspecified atom stereocenters. The van der Waals surface area contributed by atoms with Crippen LogP contribution in [-0.2, 0) is 14.3 Å². The lowest BCUT2D eigenvalue weighted by atomic mass is 10.0. The van der Waals surface area contributed by atoms with Gasteiger partial charge in [0.15, 0.2) is 0 Å². The monoisotopic (exact) mass is 1150 g/mol. The topological polar surface area (TPSA) is 95.9 Å². The Morgan fingerprint density at radius 1 is 0.341 bits per heavy atom. The van der Waals surface area contributed by atoms with Gasteiger partial charge in [-0.15, -0.1) is 0 Å². The molecule has 0 saturated carbocycles. The SMILES string of the molecule is CCCCCCCCCCCCCCCCCCCC(=O)OCCCCCCCCCCC/C=C\C/C=C\CCCCCCCCCCCCCCCCCC(=O)NC(CO)C(O)CCCCCCCCCCCCCCCCCCC. The van der Waals surface area contributed by atoms with Gasteiger partial charge < -0.3 is 20.3 Å². The van der Waals surface area contributed by atoms with Gasteiger partial charge in [0.05, 0.1) is 25.4 Å². The average molecular weight is 1160 g/mol. The highest BCUT2D eigenvalue weighted by Gasteiger charge is 2.20. The molecule has 0 aromatic carbocycles. The molecule has 6 nitrogen and oxygen atoms in total. The van der Waals surface area contributed by atoms with Crippen LogP contribution in [0.3, 0.4) is 0 Å². The Balaban J connectivity index is 3.37. The molecule has 3 N–H and O–H groups in total. The summed E-state index contributed by atoms with van der Waals surface area (Å²) in [5.74, 6) is -0.0124. The van der Waals surface area contributed by atoms with Crippen LogP contribution in [0.15, 0.2) is 24.3 Å². The second kappa shape index (κ2) is 71.8. The van der Waals surface area contributed by atoms with Gasteiger partial charge in [-0.25, -0.2) is 0 Å². The highest BCUT2D eigenvalue weighted by atomic mass is 16.5. The quantitative estimate of drug-likeness (QED) is 0.0320. The van der Waals surface area contributed by atoms with Gasteiger partial charge in [-0.05, 0) is 57.8 Å². The Bertz CT molecular complexity index is 1280. The number of amides is 1. The number of carbonyl (C=O) groups is 2. The van der Waals surface area contributed by atoms with E-state index in [1.807, 2.05) is 0 Å². The largest absolute Gasteiger partial charge is 0.466 e. The van der Waals surface area contributed by atoms with E-state index in [1.54, 1.807) is 0 Å². The molecule has 0 aliphatic carbocycles. The second-order valence-corrected chi connectivity index (χ2v) is 26.0. The van der Waals surface area contributed by atoms with Crippen LogP contribution in [0.2, 0.25) is 0 Å². The molecular formula is C76H147NO5. The van der Waals surface area contributed by atoms with Crippen molar-refractivity contribution < 1.29 is 24.5 Å². The van der Waals surface area contributed by atoms with Crippen molar-refractivity contribution in [3.63, 3.8) is 0 Å². The summed E-state index contributed by atoms with van der Waals surface area (Å²) in [4.78, 5) is 24.6. The summed E-state index contributed by atoms with van der Waals surface area (Å²) in [6.07, 6.45) is 91.0. The van der Waals surface area contributed by atoms with E-state index in [2.05, 4.69) is 43.5 Å². The van der Waals surface area contributed by atoms with E-state index < -0.39 is 12.1 Å². The number of aliphatic hydroxyl groups is 2. The number of ether oxygens (including phenoxy) is 1. The predicted molar refractivity (Wildman–Crippen MR) is 361 cm³/mol. The normalized spacial score (nSPS) is 12.6. The summed E-state index contributed by atoms with van der Waals surface area (Å²) in [5, 5.41) is 23.4. The molecule has 6 heteroatoms. The fourth-order valence-electron chi connectivity index (χ4n) is 12.0. The van der Waals surface area contributed by atoms with Gasteiger partial charge in [0.2, 0.25) is 5.91 Å². The zero-order chi connectivity index (χ0) is 59.2. The maximum absolute atomic E-state index is 12.5. The molecule has 0 saturated heterocycles. The fourth-order valence-corrected chi connectivity index (χ4v) is 12.0. The first-order chi connectivity index (χ1) is 40.5. The zero-order valence-electron chi connectivity index (χ0n) is 55.8. The molecule has 1 amide bonds. The van der Waals surface area contributed by atoms with E-state index >= 15 is 0 Å². The summed E-state index contributed by atoms with van der Waals surface area (Å²) in [6, 6.07) is -0.541. The zero-order valence-corrected chi connectivity index (χ0v) is 55.8. The van der Waals surface area contributed by atoms with E-state index in [4.69, 9.17) is 4.74 Å². The van der Waals surface area contributed by atoms with Crippen LogP contribution >= 0.6 is 0 Å². The number of hydrogen-bond acceptors (Lipinski definition) is 5. The summed E-state index contributed by atoms with van der Waals surface area (Å²) in [5.41, 5.74) is 0. The Labute approximate surface area is 513 Å². The average Bonchev–Trinajstić information content (AvgIpc) is 3.48. The summed E-state index contributed by atoms with van der Waals surface area (Å²) >= 11 is 0. The van der Waals surface area contributed by atoms with Crippen LogP contribution in [-0.4, -0.2) is 47.4 Å². The number of unbranched alkanes of at least 4 members (excludes halogenated alkanes) is 56. The number of nitrogens with one attached hydrogen (secondary N) is 1. The maximum atomic E-state index is 12.5. The fraction of sp³-hybridized carbons (Fsp3) is 0.921. The van der Waals surface area contributed by atoms with Crippen molar-refractivity contribution in [3.05, 3.63) is 24.3 Å². The number of hydrogen-bond donors (Lipinski definition) is 3. The van der Waals surface area contributed by atoms with Crippen LogP contribution in [0, 0.1) is 0 Å². The molecule has 0 heterocycles. The third-order valence-electron chi connectivity index (χ3n) is 17.8. The lowest BCUT2D eigenvalue weighted by molar-refractivity contribution is -0.143. The first kappa shape index (κ1) is 80.3. The van der Waals surface area contributed by atoms with Gasteiger partial charge in [0.1, 0.15) is 0 Å². The summed E-state index contributed by atoms with van der Waals surface area (Å²) < 4.78 is 5.51. The van der Waals surface area contributed by atoms with Crippen molar-refractivity contribution in [2.24, 2.45) is 0 Å². The Morgan fingerprint density at radius 2 is 0.610 bits per heavy atom. The van der Waals surface area contributed by atoms with Gasteiger partial charge in [0.25, 0.3) is 0 Å². The van der Waals surface area contributed by atoms with Crippen LogP contribution in [0.1, 0.15) is 425 Å². The molecule has 0 aliphatic rings. The van der Waals surface area contributed by atoms with Crippen molar-refractivity contribution in [1.29, 1.82) is 0 Å². The number of esters is 1. The minimum absolute atomic E-state index is 0.0181. The van der Waals surface area contributed by atoms with Crippen molar-refractivity contribution >= 4 is 11.9 Å². The van der Waals surface area contributed by atoms with Crippen LogP contribution in [0.25, 0.3) is 0 Å². The molecule has 486 valence electrons. The first-order valence-corrected chi connectivity index (χ1v) is 37.6. The Kier molecular flexibility index (Phi) is 70.4. The summed E-state index contributed by atoms with van der Waals surface area (Å²) in [7, 11) is 0. The Hall–Kier alpha value is -1.66. The van der Waals surface area contributed by atoms with E-state index in [0.29, 0.717) is 25.9 Å².